The van der Waals surface area contributed by atoms with Gasteiger partial charge in [0.2, 0.25) is 0 Å². The predicted molar refractivity (Wildman–Crippen MR) is 180 cm³/mol. The number of unbranched alkanes of at least 4 members (excludes halogenated alkanes) is 6. The average Bonchev–Trinajstić information content (AvgIpc) is 3.54. The molecule has 1 atom stereocenters. The smallest absolute Gasteiger partial charge is 0.306 e. The highest BCUT2D eigenvalue weighted by Gasteiger charge is 2.17. The number of likely N-dealkylation sites (tertiary alicyclic amines) is 1. The van der Waals surface area contributed by atoms with Crippen molar-refractivity contribution in [2.24, 2.45) is 0 Å². The van der Waals surface area contributed by atoms with E-state index in [0.717, 1.165) is 116 Å². The zero-order chi connectivity index (χ0) is 31.9. The van der Waals surface area contributed by atoms with Crippen LogP contribution in [0.25, 0.3) is 0 Å². The predicted octanol–water partition coefficient (Wildman–Crippen LogP) is 8.90. The summed E-state index contributed by atoms with van der Waals surface area (Å²) in [7, 11) is 0. The third-order valence-electron chi connectivity index (χ3n) is 7.84. The summed E-state index contributed by atoms with van der Waals surface area (Å²) in [6, 6.07) is 0. The van der Waals surface area contributed by atoms with Crippen LogP contribution in [0.2, 0.25) is 0 Å². The van der Waals surface area contributed by atoms with Gasteiger partial charge in [-0.1, -0.05) is 51.5 Å². The first-order valence-corrected chi connectivity index (χ1v) is 18.0. The van der Waals surface area contributed by atoms with Crippen LogP contribution in [0.5, 0.6) is 0 Å². The number of carbonyl (C=O) groups is 2. The molecule has 1 heterocycles. The molecule has 1 aliphatic heterocycles. The van der Waals surface area contributed by atoms with E-state index in [2.05, 4.69) is 50.0 Å². The van der Waals surface area contributed by atoms with Crippen molar-refractivity contribution < 1.29 is 28.5 Å². The lowest BCUT2D eigenvalue weighted by atomic mass is 10.1. The molecule has 44 heavy (non-hydrogen) atoms. The van der Waals surface area contributed by atoms with Gasteiger partial charge in [-0.2, -0.15) is 0 Å². The van der Waals surface area contributed by atoms with Crippen molar-refractivity contribution in [3.05, 3.63) is 31.2 Å². The van der Waals surface area contributed by atoms with E-state index in [1.165, 1.54) is 12.8 Å². The summed E-state index contributed by atoms with van der Waals surface area (Å²) in [5.41, 5.74) is 0. The third-order valence-corrected chi connectivity index (χ3v) is 7.84. The standard InChI is InChI=1S/C37H66NO6/c1-4-7-10-12-14-19-32-42-37(43-33-20-15-13-11-8-5-2)27-26-35(39)41-31-21-16-24-34(23-9-6-3)44-36(40)25-22-30-38-28-17-18-29-38/h7-8,10-11,34,37H,3-6,9,12-33H2,1-2H3/b10-7-,11-8-. The number of esters is 2. The molecule has 1 saturated heterocycles. The SMILES string of the molecule is [CH2]CCCC(CCCCOC(=O)CCC(OCCCC/C=C\CC)OCCCC/C=C\CC)OC(=O)CCCN1CCCC1. The van der Waals surface area contributed by atoms with E-state index in [1.807, 2.05) is 0 Å². The largest absolute Gasteiger partial charge is 0.466 e. The van der Waals surface area contributed by atoms with Crippen LogP contribution in [0.4, 0.5) is 0 Å². The molecule has 0 amide bonds. The van der Waals surface area contributed by atoms with E-state index in [-0.39, 0.29) is 30.8 Å². The lowest BCUT2D eigenvalue weighted by molar-refractivity contribution is -0.159. The summed E-state index contributed by atoms with van der Waals surface area (Å²) >= 11 is 0. The zero-order valence-corrected chi connectivity index (χ0v) is 28.5. The number of ether oxygens (including phenoxy) is 4. The van der Waals surface area contributed by atoms with Crippen LogP contribution < -0.4 is 0 Å². The molecular formula is C37H66NO6. The Kier molecular flexibility index (Phi) is 27.5. The highest BCUT2D eigenvalue weighted by atomic mass is 16.7. The first-order valence-electron chi connectivity index (χ1n) is 18.0. The van der Waals surface area contributed by atoms with Crippen molar-refractivity contribution in [2.45, 2.75) is 155 Å². The molecule has 0 bridgehead atoms. The minimum Gasteiger partial charge on any atom is -0.466 e. The number of rotatable bonds is 30. The molecule has 7 heteroatoms. The van der Waals surface area contributed by atoms with Crippen molar-refractivity contribution in [1.29, 1.82) is 0 Å². The molecule has 7 nitrogen and oxygen atoms in total. The second-order valence-electron chi connectivity index (χ2n) is 11.9. The lowest BCUT2D eigenvalue weighted by Gasteiger charge is -2.19. The Labute approximate surface area is 270 Å². The van der Waals surface area contributed by atoms with Crippen LogP contribution >= 0.6 is 0 Å². The average molecular weight is 621 g/mol. The molecule has 0 N–H and O–H groups in total. The summed E-state index contributed by atoms with van der Waals surface area (Å²) in [4.78, 5) is 27.3. The molecule has 1 rings (SSSR count). The number of hydrogen-bond acceptors (Lipinski definition) is 7. The van der Waals surface area contributed by atoms with E-state index in [4.69, 9.17) is 18.9 Å². The van der Waals surface area contributed by atoms with E-state index in [1.54, 1.807) is 0 Å². The van der Waals surface area contributed by atoms with Gasteiger partial charge in [-0.25, -0.2) is 0 Å². The Morgan fingerprint density at radius 2 is 1.32 bits per heavy atom. The maximum absolute atomic E-state index is 12.5. The molecule has 0 saturated carbocycles. The zero-order valence-electron chi connectivity index (χ0n) is 28.5. The number of nitrogens with zero attached hydrogens (tertiary/aromatic N) is 1. The van der Waals surface area contributed by atoms with Gasteiger partial charge in [0.1, 0.15) is 6.10 Å². The summed E-state index contributed by atoms with van der Waals surface area (Å²) in [5, 5.41) is 0. The van der Waals surface area contributed by atoms with Crippen LogP contribution in [0.15, 0.2) is 24.3 Å². The van der Waals surface area contributed by atoms with Gasteiger partial charge in [0.25, 0.3) is 0 Å². The van der Waals surface area contributed by atoms with Gasteiger partial charge in [-0.3, -0.25) is 9.59 Å². The second kappa shape index (κ2) is 30.0. The van der Waals surface area contributed by atoms with E-state index >= 15 is 0 Å². The molecule has 0 aromatic carbocycles. The van der Waals surface area contributed by atoms with Crippen LogP contribution in [-0.4, -0.2) is 68.7 Å². The summed E-state index contributed by atoms with van der Waals surface area (Å²) in [6.45, 7) is 13.2. The summed E-state index contributed by atoms with van der Waals surface area (Å²) in [5.74, 6) is -0.306. The van der Waals surface area contributed by atoms with Crippen molar-refractivity contribution in [1.82, 2.24) is 4.90 Å². The number of hydrogen-bond donors (Lipinski definition) is 0. The molecule has 0 aliphatic carbocycles. The van der Waals surface area contributed by atoms with E-state index in [9.17, 15) is 9.59 Å². The minimum absolute atomic E-state index is 0.0767. The summed E-state index contributed by atoms with van der Waals surface area (Å²) < 4.78 is 23.3. The lowest BCUT2D eigenvalue weighted by Crippen LogP contribution is -2.23. The Morgan fingerprint density at radius 3 is 1.93 bits per heavy atom. The van der Waals surface area contributed by atoms with Gasteiger partial charge in [-0.05, 0) is 122 Å². The monoisotopic (exact) mass is 620 g/mol. The quantitative estimate of drug-likeness (QED) is 0.0344. The van der Waals surface area contributed by atoms with E-state index in [0.29, 0.717) is 32.7 Å². The highest BCUT2D eigenvalue weighted by molar-refractivity contribution is 5.69. The van der Waals surface area contributed by atoms with Crippen LogP contribution in [-0.2, 0) is 28.5 Å². The molecule has 1 radical (unpaired) electrons. The molecule has 1 unspecified atom stereocenters. The fraction of sp³-hybridized carbons (Fsp3) is 0.811. The Balaban J connectivity index is 2.28. The normalized spacial score (nSPS) is 14.7. The van der Waals surface area contributed by atoms with E-state index < -0.39 is 0 Å². The molecule has 1 fully saturated rings. The van der Waals surface area contributed by atoms with Gasteiger partial charge in [-0.15, -0.1) is 0 Å². The van der Waals surface area contributed by atoms with Crippen molar-refractivity contribution in [3.63, 3.8) is 0 Å². The Morgan fingerprint density at radius 1 is 0.705 bits per heavy atom. The molecular weight excluding hydrogens is 554 g/mol. The first kappa shape index (κ1) is 40.3. The van der Waals surface area contributed by atoms with Gasteiger partial charge in [0, 0.05) is 26.1 Å². The topological polar surface area (TPSA) is 74.3 Å². The molecule has 0 aromatic heterocycles. The maximum atomic E-state index is 12.5. The van der Waals surface area contributed by atoms with Crippen LogP contribution in [0.3, 0.4) is 0 Å². The maximum Gasteiger partial charge on any atom is 0.306 e. The van der Waals surface area contributed by atoms with Gasteiger partial charge in [0.15, 0.2) is 6.29 Å². The highest BCUT2D eigenvalue weighted by Crippen LogP contribution is 2.16. The second-order valence-corrected chi connectivity index (χ2v) is 11.9. The van der Waals surface area contributed by atoms with Crippen molar-refractivity contribution >= 4 is 11.9 Å². The number of carbonyl (C=O) groups excluding carboxylic acids is 2. The fourth-order valence-corrected chi connectivity index (χ4v) is 5.24. The third kappa shape index (κ3) is 24.6. The summed E-state index contributed by atoms with van der Waals surface area (Å²) in [6.07, 6.45) is 26.5. The minimum atomic E-state index is -0.376. The van der Waals surface area contributed by atoms with Crippen LogP contribution in [0, 0.1) is 6.92 Å². The van der Waals surface area contributed by atoms with Gasteiger partial charge in [0.05, 0.1) is 13.0 Å². The molecule has 255 valence electrons. The Hall–Kier alpha value is -1.70. The first-order chi connectivity index (χ1) is 21.6. The van der Waals surface area contributed by atoms with Gasteiger partial charge < -0.3 is 23.8 Å². The van der Waals surface area contributed by atoms with Gasteiger partial charge >= 0.3 is 11.9 Å². The van der Waals surface area contributed by atoms with Crippen molar-refractivity contribution in [2.75, 3.05) is 39.5 Å². The molecule has 0 aromatic rings. The fourth-order valence-electron chi connectivity index (χ4n) is 5.24. The molecule has 0 spiro atoms. The Bertz CT molecular complexity index is 710. The van der Waals surface area contributed by atoms with Crippen LogP contribution in [0.1, 0.15) is 142 Å². The van der Waals surface area contributed by atoms with Crippen molar-refractivity contribution in [3.8, 4) is 0 Å². The molecule has 1 aliphatic rings. The number of allylic oxidation sites excluding steroid dienone is 4.